The second-order valence-electron chi connectivity index (χ2n) is 8.19. The maximum Gasteiger partial charge on any atom is 0.339 e. The molecule has 1 fully saturated rings. The van der Waals surface area contributed by atoms with Crippen molar-refractivity contribution in [1.29, 1.82) is 0 Å². The van der Waals surface area contributed by atoms with E-state index in [9.17, 15) is 9.59 Å². The number of esters is 1. The first-order valence-corrected chi connectivity index (χ1v) is 11.8. The molecule has 2 heterocycles. The summed E-state index contributed by atoms with van der Waals surface area (Å²) >= 11 is 1.53. The molecular formula is C25H28N4O3S. The first-order valence-electron chi connectivity index (χ1n) is 10.9. The van der Waals surface area contributed by atoms with Gasteiger partial charge < -0.3 is 15.0 Å². The van der Waals surface area contributed by atoms with Gasteiger partial charge in [0.25, 0.3) is 0 Å². The topological polar surface area (TPSA) is 74.8 Å². The Labute approximate surface area is 198 Å². The van der Waals surface area contributed by atoms with Crippen molar-refractivity contribution in [3.63, 3.8) is 0 Å². The number of hydrogen-bond acceptors (Lipinski definition) is 7. The highest BCUT2D eigenvalue weighted by atomic mass is 32.1. The first-order chi connectivity index (χ1) is 16.0. The highest BCUT2D eigenvalue weighted by Crippen LogP contribution is 2.26. The van der Waals surface area contributed by atoms with E-state index in [2.05, 4.69) is 51.4 Å². The van der Waals surface area contributed by atoms with E-state index >= 15 is 0 Å². The molecule has 8 heteroatoms. The SMILES string of the molecule is COC(=O)c1ccccc1NC(=O)Cc1csc(-c2cccc(CN3CCN(C)CC3)c2)n1. The van der Waals surface area contributed by atoms with E-state index in [1.807, 2.05) is 5.38 Å². The van der Waals surface area contributed by atoms with Gasteiger partial charge in [-0.3, -0.25) is 9.69 Å². The molecule has 7 nitrogen and oxygen atoms in total. The number of anilines is 1. The highest BCUT2D eigenvalue weighted by molar-refractivity contribution is 7.13. The number of piperazine rings is 1. The molecule has 1 aromatic heterocycles. The fourth-order valence-electron chi connectivity index (χ4n) is 3.83. The number of para-hydroxylation sites is 1. The highest BCUT2D eigenvalue weighted by Gasteiger charge is 2.16. The minimum absolute atomic E-state index is 0.132. The maximum atomic E-state index is 12.6. The lowest BCUT2D eigenvalue weighted by molar-refractivity contribution is -0.115. The second-order valence-corrected chi connectivity index (χ2v) is 9.04. The van der Waals surface area contributed by atoms with Gasteiger partial charge in [-0.15, -0.1) is 11.3 Å². The largest absolute Gasteiger partial charge is 0.465 e. The predicted octanol–water partition coefficient (Wildman–Crippen LogP) is 3.53. The number of benzene rings is 2. The Morgan fingerprint density at radius 2 is 1.88 bits per heavy atom. The summed E-state index contributed by atoms with van der Waals surface area (Å²) in [6.07, 6.45) is 0.132. The van der Waals surface area contributed by atoms with E-state index in [-0.39, 0.29) is 12.3 Å². The number of rotatable bonds is 7. The minimum Gasteiger partial charge on any atom is -0.465 e. The van der Waals surface area contributed by atoms with E-state index < -0.39 is 5.97 Å². The number of nitrogens with zero attached hydrogens (tertiary/aromatic N) is 3. The average Bonchev–Trinajstić information content (AvgIpc) is 3.29. The molecule has 0 aliphatic carbocycles. The molecule has 0 bridgehead atoms. The van der Waals surface area contributed by atoms with Gasteiger partial charge in [-0.1, -0.05) is 30.3 Å². The molecule has 1 saturated heterocycles. The van der Waals surface area contributed by atoms with Crippen LogP contribution in [0.4, 0.5) is 5.69 Å². The van der Waals surface area contributed by atoms with Crippen molar-refractivity contribution < 1.29 is 14.3 Å². The van der Waals surface area contributed by atoms with Gasteiger partial charge in [0, 0.05) is 43.7 Å². The predicted molar refractivity (Wildman–Crippen MR) is 130 cm³/mol. The molecule has 172 valence electrons. The summed E-state index contributed by atoms with van der Waals surface area (Å²) < 4.78 is 4.79. The molecule has 3 aromatic rings. The molecule has 1 aliphatic heterocycles. The number of ether oxygens (including phenoxy) is 1. The minimum atomic E-state index is -0.488. The number of likely N-dealkylation sites (N-methyl/N-ethyl adjacent to an activating group) is 1. The van der Waals surface area contributed by atoms with E-state index in [1.54, 1.807) is 24.3 Å². The van der Waals surface area contributed by atoms with Crippen molar-refractivity contribution in [2.75, 3.05) is 45.7 Å². The molecule has 0 unspecified atom stereocenters. The number of thiazole rings is 1. The number of nitrogens with one attached hydrogen (secondary N) is 1. The van der Waals surface area contributed by atoms with Gasteiger partial charge >= 0.3 is 5.97 Å². The number of methoxy groups -OCH3 is 1. The summed E-state index contributed by atoms with van der Waals surface area (Å²) in [4.78, 5) is 34.0. The van der Waals surface area contributed by atoms with Crippen LogP contribution < -0.4 is 5.32 Å². The Morgan fingerprint density at radius 3 is 2.67 bits per heavy atom. The van der Waals surface area contributed by atoms with E-state index in [4.69, 9.17) is 4.74 Å². The summed E-state index contributed by atoms with van der Waals surface area (Å²) in [5.74, 6) is -0.717. The third-order valence-electron chi connectivity index (χ3n) is 5.68. The van der Waals surface area contributed by atoms with E-state index in [0.717, 1.165) is 43.3 Å². The van der Waals surface area contributed by atoms with E-state index in [0.29, 0.717) is 16.9 Å². The molecule has 2 aromatic carbocycles. The second kappa shape index (κ2) is 10.7. The zero-order valence-electron chi connectivity index (χ0n) is 18.9. The summed E-state index contributed by atoms with van der Waals surface area (Å²) in [5, 5.41) is 5.60. The van der Waals surface area contributed by atoms with Gasteiger partial charge in [0.15, 0.2) is 0 Å². The molecule has 0 radical (unpaired) electrons. The number of amides is 1. The van der Waals surface area contributed by atoms with Gasteiger partial charge in [-0.2, -0.15) is 0 Å². The van der Waals surface area contributed by atoms with Crippen molar-refractivity contribution in [2.24, 2.45) is 0 Å². The zero-order valence-corrected chi connectivity index (χ0v) is 19.7. The lowest BCUT2D eigenvalue weighted by atomic mass is 10.1. The summed E-state index contributed by atoms with van der Waals surface area (Å²) in [6, 6.07) is 15.3. The fourth-order valence-corrected chi connectivity index (χ4v) is 4.64. The molecule has 0 saturated carbocycles. The summed E-state index contributed by atoms with van der Waals surface area (Å²) in [5.41, 5.74) is 3.79. The third kappa shape index (κ3) is 6.04. The zero-order chi connectivity index (χ0) is 23.2. The van der Waals surface area contributed by atoms with Gasteiger partial charge in [0.05, 0.1) is 30.5 Å². The molecule has 0 atom stereocenters. The van der Waals surface area contributed by atoms with Crippen LogP contribution in [0.25, 0.3) is 10.6 Å². The lowest BCUT2D eigenvalue weighted by Gasteiger charge is -2.32. The number of carbonyl (C=O) groups is 2. The molecule has 4 rings (SSSR count). The van der Waals surface area contributed by atoms with Crippen LogP contribution in [0.3, 0.4) is 0 Å². The van der Waals surface area contributed by atoms with Gasteiger partial charge in [0.2, 0.25) is 5.91 Å². The Bertz CT molecular complexity index is 1120. The van der Waals surface area contributed by atoms with Crippen LogP contribution in [0, 0.1) is 0 Å². The molecule has 0 spiro atoms. The molecule has 33 heavy (non-hydrogen) atoms. The van der Waals surface area contributed by atoms with Crippen molar-refractivity contribution in [2.45, 2.75) is 13.0 Å². The standard InChI is InChI=1S/C25H28N4O3S/c1-28-10-12-29(13-11-28)16-18-6-5-7-19(14-18)24-26-20(17-33-24)15-23(30)27-22-9-4-3-8-21(22)25(31)32-2/h3-9,14,17H,10-13,15-16H2,1-2H3,(H,27,30). The Balaban J connectivity index is 1.39. The van der Waals surface area contributed by atoms with Crippen LogP contribution in [0.2, 0.25) is 0 Å². The average molecular weight is 465 g/mol. The maximum absolute atomic E-state index is 12.6. The van der Waals surface area contributed by atoms with Crippen molar-refractivity contribution >= 4 is 28.9 Å². The fraction of sp³-hybridized carbons (Fsp3) is 0.320. The first kappa shape index (κ1) is 23.1. The van der Waals surface area contributed by atoms with Crippen LogP contribution in [0.15, 0.2) is 53.9 Å². The van der Waals surface area contributed by atoms with Crippen LogP contribution in [0.1, 0.15) is 21.6 Å². The Hall–Kier alpha value is -3.07. The van der Waals surface area contributed by atoms with Crippen molar-refractivity contribution in [3.05, 3.63) is 70.7 Å². The summed E-state index contributed by atoms with van der Waals surface area (Å²) in [7, 11) is 3.48. The Morgan fingerprint density at radius 1 is 1.09 bits per heavy atom. The Kier molecular flexibility index (Phi) is 7.49. The van der Waals surface area contributed by atoms with Crippen molar-refractivity contribution in [3.8, 4) is 10.6 Å². The molecular weight excluding hydrogens is 436 g/mol. The molecule has 1 N–H and O–H groups in total. The smallest absolute Gasteiger partial charge is 0.339 e. The van der Waals surface area contributed by atoms with Gasteiger partial charge in [-0.25, -0.2) is 9.78 Å². The molecule has 1 aliphatic rings. The number of carbonyl (C=O) groups excluding carboxylic acids is 2. The van der Waals surface area contributed by atoms with Crippen molar-refractivity contribution in [1.82, 2.24) is 14.8 Å². The third-order valence-corrected chi connectivity index (χ3v) is 6.62. The summed E-state index contributed by atoms with van der Waals surface area (Å²) in [6.45, 7) is 5.29. The number of aromatic nitrogens is 1. The van der Waals surface area contributed by atoms with Crippen LogP contribution in [0.5, 0.6) is 0 Å². The molecule has 1 amide bonds. The normalized spacial score (nSPS) is 14.7. The monoisotopic (exact) mass is 464 g/mol. The van der Waals surface area contributed by atoms with E-state index in [1.165, 1.54) is 24.0 Å². The van der Waals surface area contributed by atoms with Crippen LogP contribution in [-0.2, 0) is 22.5 Å². The van der Waals surface area contributed by atoms with Gasteiger partial charge in [-0.05, 0) is 30.8 Å². The lowest BCUT2D eigenvalue weighted by Crippen LogP contribution is -2.43. The van der Waals surface area contributed by atoms with Crippen LogP contribution >= 0.6 is 11.3 Å². The van der Waals surface area contributed by atoms with Gasteiger partial charge in [0.1, 0.15) is 5.01 Å². The number of hydrogen-bond donors (Lipinski definition) is 1. The quantitative estimate of drug-likeness (QED) is 0.540. The van der Waals surface area contributed by atoms with Crippen LogP contribution in [-0.4, -0.2) is 67.0 Å².